The van der Waals surface area contributed by atoms with Crippen LogP contribution in [0.2, 0.25) is 0 Å². The van der Waals surface area contributed by atoms with Crippen molar-refractivity contribution in [2.75, 3.05) is 45.9 Å². The van der Waals surface area contributed by atoms with Crippen molar-refractivity contribution in [2.45, 2.75) is 26.8 Å². The largest absolute Gasteiger partial charge is 0.494 e. The molecular weight excluding hydrogens is 448 g/mol. The fraction of sp³-hybridized carbons (Fsp3) is 0.440. The molecule has 2 amide bonds. The van der Waals surface area contributed by atoms with Gasteiger partial charge >= 0.3 is 12.0 Å². The number of hydrogen-bond donors (Lipinski definition) is 1. The van der Waals surface area contributed by atoms with Gasteiger partial charge in [0.2, 0.25) is 0 Å². The molecule has 0 saturated carbocycles. The first kappa shape index (κ1) is 24.5. The maximum Gasteiger partial charge on any atom is 0.317 e. The van der Waals surface area contributed by atoms with Gasteiger partial charge in [-0.1, -0.05) is 0 Å². The highest BCUT2D eigenvalue weighted by Crippen LogP contribution is 2.23. The van der Waals surface area contributed by atoms with Gasteiger partial charge in [0.1, 0.15) is 17.1 Å². The van der Waals surface area contributed by atoms with Crippen LogP contribution in [-0.2, 0) is 16.1 Å². The molecule has 35 heavy (non-hydrogen) atoms. The first-order valence-electron chi connectivity index (χ1n) is 12.1. The van der Waals surface area contributed by atoms with E-state index in [2.05, 4.69) is 19.8 Å². The Morgan fingerprint density at radius 3 is 2.51 bits per heavy atom. The fourth-order valence-electron chi connectivity index (χ4n) is 4.12. The number of nitrogens with zero attached hydrogens (tertiary/aromatic N) is 5. The van der Waals surface area contributed by atoms with Gasteiger partial charge in [0.05, 0.1) is 26.2 Å². The summed E-state index contributed by atoms with van der Waals surface area (Å²) < 4.78 is 12.6. The van der Waals surface area contributed by atoms with E-state index in [1.165, 1.54) is 0 Å². The van der Waals surface area contributed by atoms with E-state index in [4.69, 9.17) is 14.5 Å². The molecule has 2 aromatic heterocycles. The Morgan fingerprint density at radius 1 is 1.03 bits per heavy atom. The number of carbonyl (C=O) groups is 2. The first-order valence-corrected chi connectivity index (χ1v) is 12.1. The van der Waals surface area contributed by atoms with Gasteiger partial charge in [0, 0.05) is 44.6 Å². The van der Waals surface area contributed by atoms with Crippen molar-refractivity contribution >= 4 is 23.2 Å². The average molecular weight is 481 g/mol. The summed E-state index contributed by atoms with van der Waals surface area (Å²) in [6.07, 6.45) is 1.95. The number of urea groups is 1. The molecule has 10 nitrogen and oxygen atoms in total. The Labute approximate surface area is 204 Å². The maximum absolute atomic E-state index is 12.4. The topological polar surface area (TPSA) is 102 Å². The van der Waals surface area contributed by atoms with E-state index >= 15 is 0 Å². The number of rotatable bonds is 9. The molecule has 0 radical (unpaired) electrons. The number of nitrogens with one attached hydrogen (secondary N) is 1. The van der Waals surface area contributed by atoms with Crippen LogP contribution in [0.15, 0.2) is 42.6 Å². The van der Waals surface area contributed by atoms with Crippen LogP contribution in [0.25, 0.3) is 16.9 Å². The Bertz CT molecular complexity index is 1140. The number of hydrogen-bond acceptors (Lipinski definition) is 7. The molecule has 0 atom stereocenters. The van der Waals surface area contributed by atoms with E-state index in [0.717, 1.165) is 41.5 Å². The normalized spacial score (nSPS) is 14.2. The van der Waals surface area contributed by atoms with Gasteiger partial charge in [0.25, 0.3) is 0 Å². The molecule has 0 unspecified atom stereocenters. The molecule has 3 heterocycles. The fourth-order valence-corrected chi connectivity index (χ4v) is 4.12. The van der Waals surface area contributed by atoms with Crippen molar-refractivity contribution in [2.24, 2.45) is 0 Å². The number of piperazine rings is 1. The zero-order valence-corrected chi connectivity index (χ0v) is 20.3. The Hall–Kier alpha value is -3.66. The minimum Gasteiger partial charge on any atom is -0.494 e. The van der Waals surface area contributed by atoms with E-state index in [1.54, 1.807) is 18.0 Å². The Kier molecular flexibility index (Phi) is 8.15. The molecule has 0 spiro atoms. The van der Waals surface area contributed by atoms with Gasteiger partial charge in [-0.05, 0) is 50.2 Å². The van der Waals surface area contributed by atoms with Crippen LogP contribution in [0.1, 0.15) is 26.1 Å². The SMILES string of the molecule is CCOC(=O)CCNC(=O)N1CCN(Cc2nc3cccnc3n2-c2ccc(OCC)cc2)CC1. The third-order valence-electron chi connectivity index (χ3n) is 5.83. The zero-order chi connectivity index (χ0) is 24.6. The third kappa shape index (κ3) is 6.07. The van der Waals surface area contributed by atoms with Gasteiger partial charge in [-0.15, -0.1) is 0 Å². The quantitative estimate of drug-likeness (QED) is 0.470. The highest BCUT2D eigenvalue weighted by Gasteiger charge is 2.23. The lowest BCUT2D eigenvalue weighted by Crippen LogP contribution is -2.51. The zero-order valence-electron chi connectivity index (χ0n) is 20.3. The molecule has 186 valence electrons. The number of carbonyl (C=O) groups excluding carboxylic acids is 2. The van der Waals surface area contributed by atoms with E-state index < -0.39 is 0 Å². The van der Waals surface area contributed by atoms with E-state index in [1.807, 2.05) is 43.3 Å². The monoisotopic (exact) mass is 480 g/mol. The minimum absolute atomic E-state index is 0.153. The number of benzene rings is 1. The number of ether oxygens (including phenoxy) is 2. The Morgan fingerprint density at radius 2 is 1.80 bits per heavy atom. The number of esters is 1. The van der Waals surface area contributed by atoms with E-state index in [9.17, 15) is 9.59 Å². The summed E-state index contributed by atoms with van der Waals surface area (Å²) in [7, 11) is 0. The molecule has 1 aliphatic heterocycles. The summed E-state index contributed by atoms with van der Waals surface area (Å²) in [5.74, 6) is 1.42. The molecule has 0 aliphatic carbocycles. The predicted octanol–water partition coefficient (Wildman–Crippen LogP) is 2.60. The van der Waals surface area contributed by atoms with Gasteiger partial charge < -0.3 is 19.7 Å². The predicted molar refractivity (Wildman–Crippen MR) is 132 cm³/mol. The maximum atomic E-state index is 12.4. The molecule has 1 aliphatic rings. The summed E-state index contributed by atoms with van der Waals surface area (Å²) in [4.78, 5) is 37.4. The second-order valence-corrected chi connectivity index (χ2v) is 8.19. The number of pyridine rings is 1. The van der Waals surface area contributed by atoms with Crippen molar-refractivity contribution in [1.82, 2.24) is 29.7 Å². The van der Waals surface area contributed by atoms with Crippen molar-refractivity contribution in [3.63, 3.8) is 0 Å². The molecule has 1 aromatic carbocycles. The lowest BCUT2D eigenvalue weighted by Gasteiger charge is -2.34. The minimum atomic E-state index is -0.303. The smallest absolute Gasteiger partial charge is 0.317 e. The summed E-state index contributed by atoms with van der Waals surface area (Å²) in [5.41, 5.74) is 2.63. The van der Waals surface area contributed by atoms with Crippen molar-refractivity contribution < 1.29 is 19.1 Å². The van der Waals surface area contributed by atoms with Gasteiger partial charge in [0.15, 0.2) is 5.65 Å². The second kappa shape index (κ2) is 11.7. The van der Waals surface area contributed by atoms with Gasteiger partial charge in [-0.3, -0.25) is 14.3 Å². The molecule has 0 bridgehead atoms. The molecule has 10 heteroatoms. The third-order valence-corrected chi connectivity index (χ3v) is 5.83. The molecule has 1 fully saturated rings. The Balaban J connectivity index is 1.39. The standard InChI is InChI=1S/C25H32N6O4/c1-3-34-20-9-7-19(8-10-20)31-22(28-21-6-5-12-26-24(21)31)18-29-14-16-30(17-15-29)25(33)27-13-11-23(32)35-4-2/h5-10,12H,3-4,11,13-18H2,1-2H3,(H,27,33). The van der Waals surface area contributed by atoms with Crippen molar-refractivity contribution in [3.8, 4) is 11.4 Å². The van der Waals surface area contributed by atoms with Crippen LogP contribution in [0.4, 0.5) is 4.79 Å². The van der Waals surface area contributed by atoms with Crippen LogP contribution >= 0.6 is 0 Å². The number of imidazole rings is 1. The van der Waals surface area contributed by atoms with Gasteiger partial charge in [-0.25, -0.2) is 14.8 Å². The number of amides is 2. The van der Waals surface area contributed by atoms with Crippen LogP contribution in [-0.4, -0.2) is 82.3 Å². The number of aromatic nitrogens is 3. The second-order valence-electron chi connectivity index (χ2n) is 8.19. The lowest BCUT2D eigenvalue weighted by molar-refractivity contribution is -0.142. The molecule has 4 rings (SSSR count). The van der Waals surface area contributed by atoms with Crippen LogP contribution < -0.4 is 10.1 Å². The van der Waals surface area contributed by atoms with Crippen LogP contribution in [0, 0.1) is 0 Å². The first-order chi connectivity index (χ1) is 17.1. The summed E-state index contributed by atoms with van der Waals surface area (Å²) in [6, 6.07) is 11.6. The molecule has 3 aromatic rings. The highest BCUT2D eigenvalue weighted by atomic mass is 16.5. The van der Waals surface area contributed by atoms with Gasteiger partial charge in [-0.2, -0.15) is 0 Å². The molecule has 1 N–H and O–H groups in total. The number of fused-ring (bicyclic) bond motifs is 1. The van der Waals surface area contributed by atoms with Crippen LogP contribution in [0.5, 0.6) is 5.75 Å². The molecular formula is C25H32N6O4. The van der Waals surface area contributed by atoms with Crippen LogP contribution in [0.3, 0.4) is 0 Å². The summed E-state index contributed by atoms with van der Waals surface area (Å²) in [6.45, 7) is 8.27. The van der Waals surface area contributed by atoms with Crippen molar-refractivity contribution in [3.05, 3.63) is 48.4 Å². The summed E-state index contributed by atoms with van der Waals surface area (Å²) in [5, 5.41) is 2.80. The van der Waals surface area contributed by atoms with E-state index in [-0.39, 0.29) is 25.0 Å². The van der Waals surface area contributed by atoms with Crippen molar-refractivity contribution in [1.29, 1.82) is 0 Å². The lowest BCUT2D eigenvalue weighted by atomic mass is 10.3. The highest BCUT2D eigenvalue weighted by molar-refractivity contribution is 5.76. The van der Waals surface area contributed by atoms with E-state index in [0.29, 0.717) is 32.8 Å². The average Bonchev–Trinajstić information content (AvgIpc) is 3.23. The molecule has 1 saturated heterocycles. The summed E-state index contributed by atoms with van der Waals surface area (Å²) >= 11 is 0.